The smallest absolute Gasteiger partial charge is 0.306 e. The van der Waals surface area contributed by atoms with E-state index in [-0.39, 0.29) is 36.9 Å². The Bertz CT molecular complexity index is 811. The number of aryl methyl sites for hydroxylation is 2. The van der Waals surface area contributed by atoms with Gasteiger partial charge < -0.3 is 15.2 Å². The van der Waals surface area contributed by atoms with Crippen LogP contribution in [0, 0.1) is 13.8 Å². The van der Waals surface area contributed by atoms with E-state index in [2.05, 4.69) is 5.32 Å². The van der Waals surface area contributed by atoms with Crippen molar-refractivity contribution in [2.75, 3.05) is 11.9 Å². The van der Waals surface area contributed by atoms with Crippen molar-refractivity contribution < 1.29 is 24.2 Å². The van der Waals surface area contributed by atoms with Crippen LogP contribution in [0.15, 0.2) is 42.5 Å². The topological polar surface area (TPSA) is 92.7 Å². The fourth-order valence-corrected chi connectivity index (χ4v) is 2.32. The zero-order valence-electron chi connectivity index (χ0n) is 14.7. The Balaban J connectivity index is 1.76. The summed E-state index contributed by atoms with van der Waals surface area (Å²) in [5.74, 6) is -1.13. The number of hydrogen-bond acceptors (Lipinski definition) is 5. The summed E-state index contributed by atoms with van der Waals surface area (Å²) < 4.78 is 4.97. The summed E-state index contributed by atoms with van der Waals surface area (Å²) >= 11 is 0. The van der Waals surface area contributed by atoms with Gasteiger partial charge in [-0.25, -0.2) is 0 Å². The lowest BCUT2D eigenvalue weighted by molar-refractivity contribution is -0.143. The summed E-state index contributed by atoms with van der Waals surface area (Å²) in [6, 6.07) is 11.5. The van der Waals surface area contributed by atoms with Gasteiger partial charge in [0.15, 0.2) is 6.61 Å². The van der Waals surface area contributed by atoms with E-state index < -0.39 is 5.97 Å². The molecule has 0 fully saturated rings. The number of ether oxygens (including phenoxy) is 1. The van der Waals surface area contributed by atoms with Crippen LogP contribution in [0.2, 0.25) is 0 Å². The van der Waals surface area contributed by atoms with Gasteiger partial charge in [-0.15, -0.1) is 0 Å². The van der Waals surface area contributed by atoms with Crippen LogP contribution in [-0.4, -0.2) is 29.4 Å². The molecule has 0 bridgehead atoms. The molecule has 6 heteroatoms. The first-order valence-corrected chi connectivity index (χ1v) is 8.20. The molecular formula is C20H21NO5. The standard InChI is InChI=1S/C20H21NO5/c1-13-3-4-14(2)17(11-13)18(23)12-26-20(25)10-9-19(24)21-15-5-7-16(22)8-6-15/h3-8,11,22H,9-10,12H2,1-2H3,(H,21,24). The molecule has 2 aromatic rings. The fourth-order valence-electron chi connectivity index (χ4n) is 2.32. The van der Waals surface area contributed by atoms with Gasteiger partial charge in [-0.1, -0.05) is 17.7 Å². The van der Waals surface area contributed by atoms with E-state index in [0.29, 0.717) is 11.3 Å². The second-order valence-electron chi connectivity index (χ2n) is 6.00. The minimum absolute atomic E-state index is 0.0582. The number of ketones is 1. The Morgan fingerprint density at radius 3 is 2.38 bits per heavy atom. The number of anilines is 1. The van der Waals surface area contributed by atoms with E-state index in [1.165, 1.54) is 12.1 Å². The predicted octanol–water partition coefficient (Wildman–Crippen LogP) is 3.15. The molecule has 6 nitrogen and oxygen atoms in total. The SMILES string of the molecule is Cc1ccc(C)c(C(=O)COC(=O)CCC(=O)Nc2ccc(O)cc2)c1. The molecule has 0 spiro atoms. The lowest BCUT2D eigenvalue weighted by atomic mass is 10.0. The second kappa shape index (κ2) is 8.80. The van der Waals surface area contributed by atoms with E-state index in [1.54, 1.807) is 18.2 Å². The fraction of sp³-hybridized carbons (Fsp3) is 0.250. The maximum absolute atomic E-state index is 12.2. The highest BCUT2D eigenvalue weighted by Crippen LogP contribution is 2.14. The van der Waals surface area contributed by atoms with Crippen molar-refractivity contribution in [3.05, 3.63) is 59.2 Å². The van der Waals surface area contributed by atoms with Gasteiger partial charge in [0, 0.05) is 17.7 Å². The summed E-state index contributed by atoms with van der Waals surface area (Å²) in [6.45, 7) is 3.36. The van der Waals surface area contributed by atoms with Crippen molar-refractivity contribution in [3.63, 3.8) is 0 Å². The number of amides is 1. The maximum atomic E-state index is 12.2. The van der Waals surface area contributed by atoms with Crippen LogP contribution >= 0.6 is 0 Å². The number of benzene rings is 2. The molecule has 0 saturated heterocycles. The summed E-state index contributed by atoms with van der Waals surface area (Å²) in [5, 5.41) is 11.8. The Morgan fingerprint density at radius 1 is 1.00 bits per heavy atom. The van der Waals surface area contributed by atoms with Crippen molar-refractivity contribution in [3.8, 4) is 5.75 Å². The Morgan fingerprint density at radius 2 is 1.69 bits per heavy atom. The predicted molar refractivity (Wildman–Crippen MR) is 97.2 cm³/mol. The number of aromatic hydroxyl groups is 1. The first kappa shape index (κ1) is 19.2. The minimum Gasteiger partial charge on any atom is -0.508 e. The first-order valence-electron chi connectivity index (χ1n) is 8.20. The monoisotopic (exact) mass is 355 g/mol. The number of esters is 1. The molecule has 0 unspecified atom stereocenters. The number of carbonyl (C=O) groups excluding carboxylic acids is 3. The van der Waals surface area contributed by atoms with Crippen molar-refractivity contribution in [1.82, 2.24) is 0 Å². The Kier molecular flexibility index (Phi) is 6.49. The van der Waals surface area contributed by atoms with Crippen molar-refractivity contribution in [2.24, 2.45) is 0 Å². The van der Waals surface area contributed by atoms with Gasteiger partial charge in [0.2, 0.25) is 11.7 Å². The highest BCUT2D eigenvalue weighted by Gasteiger charge is 2.14. The molecule has 26 heavy (non-hydrogen) atoms. The zero-order chi connectivity index (χ0) is 19.1. The number of Topliss-reactive ketones (excluding diaryl/α,β-unsaturated/α-hetero) is 1. The molecule has 0 aromatic heterocycles. The summed E-state index contributed by atoms with van der Waals surface area (Å²) in [6.07, 6.45) is -0.179. The van der Waals surface area contributed by atoms with Crippen LogP contribution in [0.25, 0.3) is 0 Å². The van der Waals surface area contributed by atoms with Gasteiger partial charge in [-0.2, -0.15) is 0 Å². The van der Waals surface area contributed by atoms with Gasteiger partial charge in [-0.05, 0) is 49.7 Å². The number of phenols is 1. The van der Waals surface area contributed by atoms with Crippen LogP contribution in [0.1, 0.15) is 34.3 Å². The normalized spacial score (nSPS) is 10.2. The molecule has 2 N–H and O–H groups in total. The molecule has 136 valence electrons. The van der Waals surface area contributed by atoms with E-state index in [0.717, 1.165) is 11.1 Å². The average Bonchev–Trinajstić information content (AvgIpc) is 2.62. The minimum atomic E-state index is -0.607. The number of nitrogens with one attached hydrogen (secondary N) is 1. The van der Waals surface area contributed by atoms with Crippen LogP contribution < -0.4 is 5.32 Å². The van der Waals surface area contributed by atoms with Gasteiger partial charge >= 0.3 is 5.97 Å². The zero-order valence-corrected chi connectivity index (χ0v) is 14.7. The third-order valence-corrected chi connectivity index (χ3v) is 3.76. The summed E-state index contributed by atoms with van der Waals surface area (Å²) in [4.78, 5) is 35.7. The van der Waals surface area contributed by atoms with Crippen molar-refractivity contribution in [2.45, 2.75) is 26.7 Å². The number of carbonyl (C=O) groups is 3. The van der Waals surface area contributed by atoms with Gasteiger partial charge in [-0.3, -0.25) is 14.4 Å². The summed E-state index contributed by atoms with van der Waals surface area (Å²) in [5.41, 5.74) is 2.83. The van der Waals surface area contributed by atoms with E-state index >= 15 is 0 Å². The molecular weight excluding hydrogens is 334 g/mol. The highest BCUT2D eigenvalue weighted by molar-refractivity contribution is 5.99. The first-order chi connectivity index (χ1) is 12.3. The molecule has 0 saturated carbocycles. The van der Waals surface area contributed by atoms with Crippen molar-refractivity contribution in [1.29, 1.82) is 0 Å². The van der Waals surface area contributed by atoms with Crippen LogP contribution in [0.3, 0.4) is 0 Å². The van der Waals surface area contributed by atoms with Gasteiger partial charge in [0.1, 0.15) is 5.75 Å². The molecule has 1 amide bonds. The third-order valence-electron chi connectivity index (χ3n) is 3.76. The van der Waals surface area contributed by atoms with Crippen LogP contribution in [-0.2, 0) is 14.3 Å². The molecule has 0 aliphatic rings. The largest absolute Gasteiger partial charge is 0.508 e. The van der Waals surface area contributed by atoms with E-state index in [1.807, 2.05) is 26.0 Å². The number of phenolic OH excluding ortho intramolecular Hbond substituents is 1. The lowest BCUT2D eigenvalue weighted by Crippen LogP contribution is -2.18. The number of hydrogen-bond donors (Lipinski definition) is 2. The lowest BCUT2D eigenvalue weighted by Gasteiger charge is -2.08. The van der Waals surface area contributed by atoms with Crippen LogP contribution in [0.5, 0.6) is 5.75 Å². The van der Waals surface area contributed by atoms with Crippen LogP contribution in [0.4, 0.5) is 5.69 Å². The molecule has 0 heterocycles. The van der Waals surface area contributed by atoms with Gasteiger partial charge in [0.25, 0.3) is 0 Å². The summed E-state index contributed by atoms with van der Waals surface area (Å²) in [7, 11) is 0. The molecule has 2 aromatic carbocycles. The maximum Gasteiger partial charge on any atom is 0.306 e. The Labute approximate surface area is 151 Å². The second-order valence-corrected chi connectivity index (χ2v) is 6.00. The molecule has 0 aliphatic heterocycles. The molecule has 2 rings (SSSR count). The van der Waals surface area contributed by atoms with E-state index in [9.17, 15) is 19.5 Å². The van der Waals surface area contributed by atoms with Gasteiger partial charge in [0.05, 0.1) is 6.42 Å². The average molecular weight is 355 g/mol. The molecule has 0 aliphatic carbocycles. The molecule has 0 atom stereocenters. The van der Waals surface area contributed by atoms with Crippen molar-refractivity contribution >= 4 is 23.3 Å². The number of rotatable bonds is 7. The third kappa shape index (κ3) is 5.73. The van der Waals surface area contributed by atoms with E-state index in [4.69, 9.17) is 4.74 Å². The Hall–Kier alpha value is -3.15. The highest BCUT2D eigenvalue weighted by atomic mass is 16.5. The quantitative estimate of drug-likeness (QED) is 0.452. The molecule has 0 radical (unpaired) electrons.